The fourth-order valence-corrected chi connectivity index (χ4v) is 1.97. The van der Waals surface area contributed by atoms with E-state index >= 15 is 0 Å². The van der Waals surface area contributed by atoms with Crippen molar-refractivity contribution in [1.82, 2.24) is 4.13 Å². The van der Waals surface area contributed by atoms with Crippen molar-refractivity contribution in [3.05, 3.63) is 0 Å². The Morgan fingerprint density at radius 2 is 1.73 bits per heavy atom. The van der Waals surface area contributed by atoms with E-state index in [0.29, 0.717) is 4.13 Å². The van der Waals surface area contributed by atoms with E-state index in [2.05, 4.69) is 4.18 Å². The highest BCUT2D eigenvalue weighted by Gasteiger charge is 2.23. The van der Waals surface area contributed by atoms with Gasteiger partial charge in [0.25, 0.3) is 0 Å². The van der Waals surface area contributed by atoms with E-state index in [9.17, 15) is 26.4 Å². The Labute approximate surface area is 85.6 Å². The number of rotatable bonds is 5. The summed E-state index contributed by atoms with van der Waals surface area (Å²) >= 11 is 0. The molecule has 0 aliphatic heterocycles. The third-order valence-electron chi connectivity index (χ3n) is 0.803. The largest absolute Gasteiger partial charge is 0.400 e. The molecule has 0 saturated carbocycles. The van der Waals surface area contributed by atoms with Crippen LogP contribution in [0.15, 0.2) is 0 Å². The zero-order valence-corrected chi connectivity index (χ0v) is 8.96. The molecule has 9 nitrogen and oxygen atoms in total. The summed E-state index contributed by atoms with van der Waals surface area (Å²) in [5.41, 5.74) is 0. The van der Waals surface area contributed by atoms with Crippen LogP contribution in [0.1, 0.15) is 13.3 Å². The third-order valence-corrected chi connectivity index (χ3v) is 2.87. The number of ketones is 1. The van der Waals surface area contributed by atoms with Gasteiger partial charge in [-0.2, -0.15) is 16.8 Å². The topological polar surface area (TPSA) is 144 Å². The zero-order chi connectivity index (χ0) is 12.3. The molecule has 0 atom stereocenters. The molecule has 0 bridgehead atoms. The SMILES string of the molecule is CC(=O)CC(=O)OS(=O)(=O)NS(=O)(=O)O. The molecule has 88 valence electrons. The molecular weight excluding hydrogens is 254 g/mol. The zero-order valence-electron chi connectivity index (χ0n) is 7.33. The van der Waals surface area contributed by atoms with Crippen LogP contribution in [0.5, 0.6) is 0 Å². The van der Waals surface area contributed by atoms with Crippen LogP contribution in [-0.2, 0) is 34.4 Å². The average molecular weight is 261 g/mol. The fraction of sp³-hybridized carbons (Fsp3) is 0.500. The molecular formula is C4H7NO8S2. The molecule has 0 unspecified atom stereocenters. The highest BCUT2D eigenvalue weighted by Crippen LogP contribution is 1.95. The van der Waals surface area contributed by atoms with E-state index in [1.807, 2.05) is 0 Å². The minimum atomic E-state index is -5.06. The first kappa shape index (κ1) is 14.0. The molecule has 0 radical (unpaired) electrons. The number of Topliss-reactive ketones (excluding diaryl/α,β-unsaturated/α-hetero) is 1. The van der Waals surface area contributed by atoms with Gasteiger partial charge in [-0.1, -0.05) is 4.13 Å². The lowest BCUT2D eigenvalue weighted by Gasteiger charge is -2.02. The van der Waals surface area contributed by atoms with Gasteiger partial charge in [0.2, 0.25) is 0 Å². The minimum Gasteiger partial charge on any atom is -0.333 e. The Bertz CT molecular complexity index is 459. The van der Waals surface area contributed by atoms with Crippen molar-refractivity contribution in [2.24, 2.45) is 0 Å². The molecule has 11 heteroatoms. The smallest absolute Gasteiger partial charge is 0.333 e. The number of carbonyl (C=O) groups excluding carboxylic acids is 2. The average Bonchev–Trinajstić information content (AvgIpc) is 1.73. The first-order valence-corrected chi connectivity index (χ1v) is 6.09. The third kappa shape index (κ3) is 7.99. The Morgan fingerprint density at radius 1 is 1.27 bits per heavy atom. The summed E-state index contributed by atoms with van der Waals surface area (Å²) in [6, 6.07) is 0. The summed E-state index contributed by atoms with van der Waals surface area (Å²) < 4.78 is 53.7. The quantitative estimate of drug-likeness (QED) is 0.433. The summed E-state index contributed by atoms with van der Waals surface area (Å²) in [6.07, 6.45) is -0.827. The maximum absolute atomic E-state index is 10.6. The normalized spacial score (nSPS) is 12.1. The fourth-order valence-electron chi connectivity index (χ4n) is 0.501. The molecule has 0 amide bonds. The van der Waals surface area contributed by atoms with Gasteiger partial charge < -0.3 is 4.18 Å². The van der Waals surface area contributed by atoms with Gasteiger partial charge in [0.05, 0.1) is 0 Å². The molecule has 0 rings (SSSR count). The lowest BCUT2D eigenvalue weighted by Crippen LogP contribution is -2.33. The van der Waals surface area contributed by atoms with Crippen LogP contribution >= 0.6 is 0 Å². The second kappa shape index (κ2) is 4.65. The molecule has 15 heavy (non-hydrogen) atoms. The molecule has 0 aromatic heterocycles. The monoisotopic (exact) mass is 261 g/mol. The highest BCUT2D eigenvalue weighted by molar-refractivity contribution is 8.00. The van der Waals surface area contributed by atoms with Crippen molar-refractivity contribution < 1.29 is 35.2 Å². The maximum Gasteiger partial charge on any atom is 0.400 e. The van der Waals surface area contributed by atoms with Gasteiger partial charge in [-0.3, -0.25) is 14.1 Å². The number of hydrogen-bond acceptors (Lipinski definition) is 7. The van der Waals surface area contributed by atoms with Gasteiger partial charge >= 0.3 is 26.6 Å². The molecule has 0 aliphatic rings. The summed E-state index contributed by atoms with van der Waals surface area (Å²) in [6.45, 7) is 1.00. The van der Waals surface area contributed by atoms with Crippen LogP contribution in [0.3, 0.4) is 0 Å². The Balaban J connectivity index is 4.54. The first-order chi connectivity index (χ1) is 6.52. The van der Waals surface area contributed by atoms with Crippen LogP contribution < -0.4 is 4.13 Å². The lowest BCUT2D eigenvalue weighted by molar-refractivity contribution is -0.136. The number of nitrogens with one attached hydrogen (secondary N) is 1. The summed E-state index contributed by atoms with van der Waals surface area (Å²) in [5.74, 6) is -2.12. The Morgan fingerprint density at radius 3 is 2.07 bits per heavy atom. The van der Waals surface area contributed by atoms with Crippen LogP contribution in [0.25, 0.3) is 0 Å². The predicted octanol–water partition coefficient (Wildman–Crippen LogP) is -1.85. The molecule has 0 spiro atoms. The van der Waals surface area contributed by atoms with Crippen molar-refractivity contribution in [3.63, 3.8) is 0 Å². The van der Waals surface area contributed by atoms with Crippen LogP contribution in [-0.4, -0.2) is 33.1 Å². The van der Waals surface area contributed by atoms with Gasteiger partial charge in [-0.25, -0.2) is 0 Å². The molecule has 0 saturated heterocycles. The van der Waals surface area contributed by atoms with Crippen LogP contribution in [0.4, 0.5) is 0 Å². The van der Waals surface area contributed by atoms with Crippen molar-refractivity contribution in [1.29, 1.82) is 0 Å². The second-order valence-corrected chi connectivity index (χ2v) is 5.04. The lowest BCUT2D eigenvalue weighted by atomic mass is 10.3. The van der Waals surface area contributed by atoms with Crippen molar-refractivity contribution in [3.8, 4) is 0 Å². The molecule has 0 heterocycles. The van der Waals surface area contributed by atoms with E-state index in [-0.39, 0.29) is 0 Å². The molecule has 0 aromatic carbocycles. The summed E-state index contributed by atoms with van der Waals surface area (Å²) in [7, 11) is -10.0. The van der Waals surface area contributed by atoms with Crippen molar-refractivity contribution >= 4 is 32.4 Å². The molecule has 0 fully saturated rings. The van der Waals surface area contributed by atoms with Gasteiger partial charge in [-0.15, -0.1) is 0 Å². The molecule has 0 aromatic rings. The Hall–Kier alpha value is -1.04. The second-order valence-electron chi connectivity index (χ2n) is 2.35. The summed E-state index contributed by atoms with van der Waals surface area (Å²) in [5, 5.41) is 0. The summed E-state index contributed by atoms with van der Waals surface area (Å²) in [4.78, 5) is 21.0. The van der Waals surface area contributed by atoms with Gasteiger partial charge in [0.15, 0.2) is 0 Å². The predicted molar refractivity (Wildman–Crippen MR) is 45.0 cm³/mol. The van der Waals surface area contributed by atoms with Crippen molar-refractivity contribution in [2.45, 2.75) is 13.3 Å². The maximum atomic E-state index is 10.6. The number of hydrogen-bond donors (Lipinski definition) is 2. The Kier molecular flexibility index (Phi) is 4.33. The van der Waals surface area contributed by atoms with Crippen molar-refractivity contribution in [2.75, 3.05) is 0 Å². The first-order valence-electron chi connectivity index (χ1n) is 3.24. The number of carbonyl (C=O) groups is 2. The standard InChI is InChI=1S/C4H7NO8S2/c1-3(6)2-4(7)13-15(11,12)5-14(8,9)10/h5H,2H2,1H3,(H,8,9,10). The molecule has 0 aliphatic carbocycles. The van der Waals surface area contributed by atoms with Crippen LogP contribution in [0.2, 0.25) is 0 Å². The van der Waals surface area contributed by atoms with E-state index in [4.69, 9.17) is 4.55 Å². The molecule has 2 N–H and O–H groups in total. The van der Waals surface area contributed by atoms with Gasteiger partial charge in [0, 0.05) is 0 Å². The van der Waals surface area contributed by atoms with Crippen LogP contribution in [0, 0.1) is 0 Å². The van der Waals surface area contributed by atoms with Gasteiger partial charge in [-0.05, 0) is 6.92 Å². The van der Waals surface area contributed by atoms with E-state index in [1.165, 1.54) is 0 Å². The van der Waals surface area contributed by atoms with E-state index in [1.54, 1.807) is 0 Å². The van der Waals surface area contributed by atoms with Gasteiger partial charge in [0.1, 0.15) is 12.2 Å². The van der Waals surface area contributed by atoms with E-state index < -0.39 is 38.8 Å². The minimum absolute atomic E-state index is 0.645. The van der Waals surface area contributed by atoms with E-state index in [0.717, 1.165) is 6.92 Å². The highest BCUT2D eigenvalue weighted by atomic mass is 32.3.